The standard InChI is InChI=1S/C59H80N4O4S2.C55H74N6O6/c1-10-14-21-44(12-3)39-68-35-19-25-54(64)60-52-37-48(62(41(5)6)46-23-17-16-18-24-46)31-33-50(52)56-58(66)57(59(56)67)51-34-32-49(63(42(7)8)47-29-27-43(9)28-30-47)38-53(51)61-55(65)26-20-36-69-40-45(13-4)22-15-11-2;1-9-13-16-40(11-3)35-56-48(62)29-30-50(64)58-37-42(18-15-33-60(7)43-23-19-38(5)20-24-43)52-54(66)53(55(52)67)46-28-27-45(61(8)44-25-21-39(6)22-26-44)34-47(46)59-51(65)32-31-49(63)57-36-41(12-4)17-14-10-2/h16-18,23-24,27-34,37-38,41-42,44-45H,10-15,19-22,25-26,35-36,39-40H2,1-9H3,(H2,60,61,64,65,66,67);15,18-28,33-34,40-41,66H,9-14,16-17,29-32,35-37H2,1-8H3,(H,56,62)(H,57,63)(H,58,64). The first-order valence-electron chi connectivity index (χ1n) is 50.1. The lowest BCUT2D eigenvalue weighted by Gasteiger charge is -2.35. The van der Waals surface area contributed by atoms with Gasteiger partial charge in [0.15, 0.2) is 11.8 Å². The van der Waals surface area contributed by atoms with Gasteiger partial charge < -0.3 is 51.5 Å². The van der Waals surface area contributed by atoms with E-state index in [1.807, 2.05) is 171 Å². The Morgan fingerprint density at radius 3 is 1.52 bits per heavy atom. The van der Waals surface area contributed by atoms with Crippen LogP contribution in [0.1, 0.15) is 259 Å². The molecule has 6 N–H and O–H groups in total. The number of anilines is 5. The van der Waals surface area contributed by atoms with Crippen LogP contribution in [0.25, 0.3) is 5.57 Å². The minimum atomic E-state index is -0.540. The number of aliphatic hydroxyl groups is 1. The van der Waals surface area contributed by atoms with Crippen molar-refractivity contribution < 1.29 is 53.1 Å². The van der Waals surface area contributed by atoms with E-state index in [0.29, 0.717) is 83.4 Å². The first-order chi connectivity index (χ1) is 65.5. The average Bonchev–Trinajstić information content (AvgIpc) is 0.722. The summed E-state index contributed by atoms with van der Waals surface area (Å²) in [5.74, 6) is 2.90. The maximum Gasteiger partial charge on any atom is 0.246 e. The van der Waals surface area contributed by atoms with Crippen LogP contribution in [-0.2, 0) is 38.4 Å². The molecule has 136 heavy (non-hydrogen) atoms. The molecule has 0 radical (unpaired) electrons. The van der Waals surface area contributed by atoms with Crippen molar-refractivity contribution in [3.63, 3.8) is 0 Å². The molecule has 0 heterocycles. The van der Waals surface area contributed by atoms with E-state index in [1.165, 1.54) is 51.4 Å². The van der Waals surface area contributed by atoms with Crippen molar-refractivity contribution in [1.82, 2.24) is 21.3 Å². The van der Waals surface area contributed by atoms with Crippen molar-refractivity contribution in [1.29, 1.82) is 0 Å². The second-order valence-corrected chi connectivity index (χ2v) is 39.3. The first kappa shape index (κ1) is 110. The number of para-hydroxylation sites is 1. The highest BCUT2D eigenvalue weighted by Crippen LogP contribution is 2.45. The lowest BCUT2D eigenvalue weighted by molar-refractivity contribution is -0.474. The van der Waals surface area contributed by atoms with E-state index in [9.17, 15) is 48.6 Å². The zero-order valence-electron chi connectivity index (χ0n) is 84.3. The van der Waals surface area contributed by atoms with Crippen molar-refractivity contribution in [2.75, 3.05) is 76.8 Å². The maximum absolute atomic E-state index is 14.6. The third kappa shape index (κ3) is 33.7. The molecule has 0 aliphatic heterocycles. The molecule has 5 aromatic carbocycles. The van der Waals surface area contributed by atoms with Gasteiger partial charge in [0.2, 0.25) is 52.6 Å². The molecule has 0 spiro atoms. The van der Waals surface area contributed by atoms with E-state index in [-0.39, 0.29) is 113 Å². The summed E-state index contributed by atoms with van der Waals surface area (Å²) in [4.78, 5) is 119. The van der Waals surface area contributed by atoms with Crippen LogP contribution in [0.4, 0.5) is 34.1 Å². The Labute approximate surface area is 821 Å². The molecule has 4 unspecified atom stereocenters. The predicted molar refractivity (Wildman–Crippen MR) is 566 cm³/mol. The number of aryl methyl sites for hydroxylation is 3. The summed E-state index contributed by atoms with van der Waals surface area (Å²) in [7, 11) is 3.77. The summed E-state index contributed by atoms with van der Waals surface area (Å²) in [5, 5.41) is 41.5. The number of aliphatic imine (C=N–C) groups is 1. The minimum Gasteiger partial charge on any atom is -0.871 e. The Morgan fingerprint density at radius 2 is 1.01 bits per heavy atom. The summed E-state index contributed by atoms with van der Waals surface area (Å²) >= 11 is 3.83. The number of rotatable bonds is 54. The summed E-state index contributed by atoms with van der Waals surface area (Å²) in [5.41, 5.74) is 12.0. The number of nitrogens with one attached hydrogen (secondary N) is 5. The number of unbranched alkanes of at least 4 members (excludes halogenated alkanes) is 4. The molecule has 22 heteroatoms. The molecule has 0 fully saturated rings. The molecular formula is C114H154N10O10S2. The van der Waals surface area contributed by atoms with Gasteiger partial charge in [0.05, 0.1) is 28.2 Å². The predicted octanol–water partition coefficient (Wildman–Crippen LogP) is 23.4. The van der Waals surface area contributed by atoms with E-state index in [0.717, 1.165) is 138 Å². The van der Waals surface area contributed by atoms with Gasteiger partial charge in [0.1, 0.15) is 5.76 Å². The van der Waals surface area contributed by atoms with Crippen LogP contribution in [0, 0.1) is 44.4 Å². The molecule has 0 aromatic heterocycles. The Morgan fingerprint density at radius 1 is 0.507 bits per heavy atom. The van der Waals surface area contributed by atoms with E-state index < -0.39 is 23.2 Å². The number of carbonyl (C=O) groups excluding carboxylic acids is 8. The summed E-state index contributed by atoms with van der Waals surface area (Å²) in [6, 6.07) is 40.0. The number of nitrogens with zero attached hydrogens (tertiary/aromatic N) is 5. The Kier molecular flexibility index (Phi) is 46.9. The van der Waals surface area contributed by atoms with Crippen molar-refractivity contribution >= 4 is 122 Å². The van der Waals surface area contributed by atoms with E-state index in [4.69, 9.17) is 0 Å². The highest BCUT2D eigenvalue weighted by Gasteiger charge is 2.40. The molecule has 0 saturated carbocycles. The quantitative estimate of drug-likeness (QED) is 0.00915. The fraction of sp³-hybridized carbons (Fsp3) is 0.474. The van der Waals surface area contributed by atoms with Gasteiger partial charge in [0.25, 0.3) is 0 Å². The van der Waals surface area contributed by atoms with Crippen LogP contribution in [0.2, 0.25) is 0 Å². The molecule has 4 atom stereocenters. The van der Waals surface area contributed by atoms with Crippen molar-refractivity contribution in [3.05, 3.63) is 255 Å². The van der Waals surface area contributed by atoms with Crippen LogP contribution in [0.3, 0.4) is 0 Å². The van der Waals surface area contributed by atoms with Crippen LogP contribution >= 0.6 is 23.5 Å². The smallest absolute Gasteiger partial charge is 0.246 e. The molecule has 732 valence electrons. The first-order valence-corrected chi connectivity index (χ1v) is 52.4. The number of hydrogen-bond acceptors (Lipinski definition) is 15. The van der Waals surface area contributed by atoms with Crippen molar-refractivity contribution in [2.24, 2.45) is 28.7 Å². The Balaban J connectivity index is 0.000000334. The second-order valence-electron chi connectivity index (χ2n) is 37.0. The van der Waals surface area contributed by atoms with Gasteiger partial charge in [-0.2, -0.15) is 28.1 Å². The van der Waals surface area contributed by atoms with E-state index in [2.05, 4.69) is 155 Å². The SMILES string of the molecule is CCCCC(CC)CNC(=O)CCC(=O)N=C1C=C(N(C)c2ccc(C)cc2)C=CC1=C1C(=O)C(C(=CC=CN(C)c2ccc(C)cc2)CNC(=O)CCC(=O)NCC(CC)CCCC)=C1O.CCCCC(CC)CSCCCC(=O)NC1=CC(=[N+](c2ccc(C)cc2)C(C)C)C=CC1=C1C(=O)C(c2ccc(N(c3ccccc3)C(C)C)cc2NC(=O)CCCSCC(CC)CCCC)=C1[O-]. The van der Waals surface area contributed by atoms with Crippen molar-refractivity contribution in [3.8, 4) is 0 Å². The van der Waals surface area contributed by atoms with Gasteiger partial charge in [-0.25, -0.2) is 4.99 Å². The molecule has 0 saturated heterocycles. The lowest BCUT2D eigenvalue weighted by Crippen LogP contribution is -2.34. The van der Waals surface area contributed by atoms with Gasteiger partial charge >= 0.3 is 0 Å². The van der Waals surface area contributed by atoms with Gasteiger partial charge in [-0.1, -0.05) is 222 Å². The van der Waals surface area contributed by atoms with Crippen LogP contribution in [0.5, 0.6) is 0 Å². The fourth-order valence-corrected chi connectivity index (χ4v) is 19.4. The Hall–Kier alpha value is -11.1. The summed E-state index contributed by atoms with van der Waals surface area (Å²) in [6.45, 7) is 33.1. The lowest BCUT2D eigenvalue weighted by atomic mass is 9.78. The largest absolute Gasteiger partial charge is 0.871 e. The monoisotopic (exact) mass is 1890 g/mol. The zero-order valence-corrected chi connectivity index (χ0v) is 85.9. The Bertz CT molecular complexity index is 5260. The number of Topliss-reactive ketones (excluding diaryl/α,β-unsaturated/α-hetero) is 2. The highest BCUT2D eigenvalue weighted by atomic mass is 32.2. The van der Waals surface area contributed by atoms with Gasteiger partial charge in [-0.15, -0.1) is 0 Å². The zero-order chi connectivity index (χ0) is 98.8. The number of carbonyl (C=O) groups is 8. The average molecular weight is 1890 g/mol. The number of allylic oxidation sites excluding steroid dienone is 12. The van der Waals surface area contributed by atoms with Crippen LogP contribution < -0.4 is 46.4 Å². The summed E-state index contributed by atoms with van der Waals surface area (Å²) in [6.07, 6.45) is 36.0. The number of ketones is 2. The second kappa shape index (κ2) is 57.8. The topological polar surface area (TPSA) is 265 Å². The number of benzene rings is 5. The fourth-order valence-electron chi connectivity index (χ4n) is 16.9. The molecule has 0 bridgehead atoms. The minimum absolute atomic E-state index is 0.0134. The molecule has 5 aromatic rings. The summed E-state index contributed by atoms with van der Waals surface area (Å²) < 4.78 is 2.19. The van der Waals surface area contributed by atoms with E-state index in [1.54, 1.807) is 42.5 Å². The molecule has 20 nitrogen and oxygen atoms in total. The molecular weight excluding hydrogens is 1730 g/mol. The van der Waals surface area contributed by atoms with E-state index >= 15 is 0 Å². The number of aliphatic hydroxyl groups excluding tert-OH is 1. The highest BCUT2D eigenvalue weighted by molar-refractivity contribution is 7.99. The van der Waals surface area contributed by atoms with Gasteiger partial charge in [-0.05, 0) is 218 Å². The third-order valence-electron chi connectivity index (χ3n) is 25.6. The number of thioether (sulfide) groups is 2. The van der Waals surface area contributed by atoms with Crippen molar-refractivity contribution in [2.45, 2.75) is 270 Å². The molecule has 9 rings (SSSR count). The van der Waals surface area contributed by atoms with Gasteiger partial charge in [0, 0.05) is 165 Å². The number of likely N-dealkylation sites (N-methyl/N-ethyl adjacent to an activating group) is 1. The third-order valence-corrected chi connectivity index (χ3v) is 28.2. The van der Waals surface area contributed by atoms with Crippen LogP contribution in [-0.4, -0.2) is 137 Å². The number of amides is 6. The normalized spacial score (nSPS) is 16.4. The molecule has 4 aliphatic carbocycles. The molecule has 6 amide bonds. The number of hydrogen-bond donors (Lipinski definition) is 6. The van der Waals surface area contributed by atoms with Crippen LogP contribution in [0.15, 0.2) is 237 Å². The molecule has 4 aliphatic rings. The maximum atomic E-state index is 14.6. The van der Waals surface area contributed by atoms with Gasteiger partial charge in [-0.3, -0.25) is 38.4 Å².